The van der Waals surface area contributed by atoms with E-state index in [0.29, 0.717) is 12.6 Å². The molecular formula is C20H23N3OS. The van der Waals surface area contributed by atoms with Crippen LogP contribution < -0.4 is 4.74 Å². The van der Waals surface area contributed by atoms with Crippen LogP contribution in [0.5, 0.6) is 5.75 Å². The molecule has 2 aliphatic rings. The molecule has 0 spiro atoms. The van der Waals surface area contributed by atoms with Gasteiger partial charge in [0.1, 0.15) is 11.8 Å². The van der Waals surface area contributed by atoms with Gasteiger partial charge in [-0.2, -0.15) is 0 Å². The van der Waals surface area contributed by atoms with Gasteiger partial charge in [0.25, 0.3) is 0 Å². The van der Waals surface area contributed by atoms with E-state index in [1.54, 1.807) is 0 Å². The van der Waals surface area contributed by atoms with E-state index in [1.807, 2.05) is 37.0 Å². The zero-order valence-electron chi connectivity index (χ0n) is 14.6. The van der Waals surface area contributed by atoms with Crippen molar-refractivity contribution < 1.29 is 4.74 Å². The number of ether oxygens (including phenoxy) is 1. The van der Waals surface area contributed by atoms with Crippen molar-refractivity contribution in [2.24, 2.45) is 4.99 Å². The molecule has 0 bridgehead atoms. The van der Waals surface area contributed by atoms with Gasteiger partial charge < -0.3 is 9.64 Å². The first-order chi connectivity index (χ1) is 12.3. The molecule has 0 radical (unpaired) electrons. The Bertz CT molecular complexity index is 747. The molecule has 0 unspecified atom stereocenters. The molecule has 4 nitrogen and oxygen atoms in total. The zero-order valence-corrected chi connectivity index (χ0v) is 15.4. The van der Waals surface area contributed by atoms with Crippen LogP contribution >= 0.6 is 11.8 Å². The monoisotopic (exact) mass is 353 g/mol. The lowest BCUT2D eigenvalue weighted by atomic mass is 9.95. The maximum Gasteiger partial charge on any atom is 0.160 e. The second-order valence-electron chi connectivity index (χ2n) is 6.34. The predicted octanol–water partition coefficient (Wildman–Crippen LogP) is 4.46. The summed E-state index contributed by atoms with van der Waals surface area (Å²) >= 11 is 1.88. The van der Waals surface area contributed by atoms with Crippen LogP contribution in [-0.4, -0.2) is 33.5 Å². The summed E-state index contributed by atoms with van der Waals surface area (Å²) in [6.45, 7) is 4.96. The molecule has 4 rings (SSSR count). The molecule has 0 saturated carbocycles. The molecular weight excluding hydrogens is 330 g/mol. The van der Waals surface area contributed by atoms with Crippen LogP contribution in [0.4, 0.5) is 0 Å². The number of amidine groups is 1. The smallest absolute Gasteiger partial charge is 0.160 e. The highest BCUT2D eigenvalue weighted by atomic mass is 32.2. The number of aliphatic imine (C=N–C) groups is 1. The number of hydrogen-bond donors (Lipinski definition) is 0. The Kier molecular flexibility index (Phi) is 4.66. The van der Waals surface area contributed by atoms with Gasteiger partial charge in [-0.3, -0.25) is 9.98 Å². The summed E-state index contributed by atoms with van der Waals surface area (Å²) in [5.74, 6) is 2.04. The minimum atomic E-state index is 0.0518. The summed E-state index contributed by atoms with van der Waals surface area (Å²) in [5.41, 5.74) is 2.32. The second-order valence-corrected chi connectivity index (χ2v) is 7.33. The van der Waals surface area contributed by atoms with E-state index in [0.717, 1.165) is 23.6 Å². The van der Waals surface area contributed by atoms with E-state index in [1.165, 1.54) is 10.7 Å². The number of pyridine rings is 1. The first-order valence-corrected chi connectivity index (χ1v) is 9.93. The van der Waals surface area contributed by atoms with Crippen LogP contribution in [0, 0.1) is 0 Å². The van der Waals surface area contributed by atoms with E-state index in [4.69, 9.17) is 9.73 Å². The summed E-state index contributed by atoms with van der Waals surface area (Å²) in [5, 5.41) is 1.17. The third-order valence-corrected chi connectivity index (χ3v) is 5.99. The van der Waals surface area contributed by atoms with Crippen molar-refractivity contribution in [3.63, 3.8) is 0 Å². The first kappa shape index (κ1) is 16.5. The Hall–Kier alpha value is -2.01. The Morgan fingerprint density at radius 1 is 1.16 bits per heavy atom. The molecule has 1 aromatic heterocycles. The molecule has 0 amide bonds. The van der Waals surface area contributed by atoms with Crippen molar-refractivity contribution in [2.75, 3.05) is 12.4 Å². The topological polar surface area (TPSA) is 37.7 Å². The molecule has 2 aromatic rings. The maximum absolute atomic E-state index is 5.61. The number of rotatable bonds is 5. The number of nitrogens with zero attached hydrogens (tertiary/aromatic N) is 3. The van der Waals surface area contributed by atoms with E-state index >= 15 is 0 Å². The van der Waals surface area contributed by atoms with E-state index in [-0.39, 0.29) is 12.1 Å². The highest BCUT2D eigenvalue weighted by molar-refractivity contribution is 8.14. The highest BCUT2D eigenvalue weighted by Crippen LogP contribution is 2.48. The quantitative estimate of drug-likeness (QED) is 0.795. The van der Waals surface area contributed by atoms with Gasteiger partial charge in [0.15, 0.2) is 5.17 Å². The van der Waals surface area contributed by atoms with Crippen molar-refractivity contribution in [1.82, 2.24) is 9.88 Å². The van der Waals surface area contributed by atoms with Crippen LogP contribution in [0.1, 0.15) is 43.6 Å². The van der Waals surface area contributed by atoms with Gasteiger partial charge in [-0.25, -0.2) is 0 Å². The molecule has 0 N–H and O–H groups in total. The molecule has 25 heavy (non-hydrogen) atoms. The van der Waals surface area contributed by atoms with E-state index < -0.39 is 0 Å². The standard InChI is InChI=1S/C20H23N3OS/c1-3-15-13-25-20-22-18(17-7-5-6-12-21-17)19(23(15)20)14-8-10-16(11-9-14)24-4-2/h5-12,15,18-19H,3-4,13H2,1-2H3/t15-,18+,19-/m1/s1. The fourth-order valence-corrected chi connectivity index (χ4v) is 4.98. The number of fused-ring (bicyclic) bond motifs is 1. The van der Waals surface area contributed by atoms with Crippen LogP contribution in [0.2, 0.25) is 0 Å². The number of hydrogen-bond acceptors (Lipinski definition) is 5. The van der Waals surface area contributed by atoms with Crippen LogP contribution in [0.3, 0.4) is 0 Å². The minimum absolute atomic E-state index is 0.0518. The van der Waals surface area contributed by atoms with Gasteiger partial charge >= 0.3 is 0 Å². The van der Waals surface area contributed by atoms with Crippen LogP contribution in [0.15, 0.2) is 53.7 Å². The van der Waals surface area contributed by atoms with Crippen molar-refractivity contribution >= 4 is 16.9 Å². The molecule has 0 aliphatic carbocycles. The molecule has 3 atom stereocenters. The van der Waals surface area contributed by atoms with Gasteiger partial charge in [-0.15, -0.1) is 0 Å². The lowest BCUT2D eigenvalue weighted by molar-refractivity contribution is 0.255. The summed E-state index contributed by atoms with van der Waals surface area (Å²) in [4.78, 5) is 12.2. The lowest BCUT2D eigenvalue weighted by Gasteiger charge is -2.32. The highest BCUT2D eigenvalue weighted by Gasteiger charge is 2.45. The molecule has 1 aromatic carbocycles. The third kappa shape index (κ3) is 3.01. The van der Waals surface area contributed by atoms with Crippen molar-refractivity contribution in [3.05, 3.63) is 59.9 Å². The van der Waals surface area contributed by atoms with Gasteiger partial charge in [-0.1, -0.05) is 36.9 Å². The van der Waals surface area contributed by atoms with Crippen molar-refractivity contribution in [1.29, 1.82) is 0 Å². The Morgan fingerprint density at radius 2 is 2.00 bits per heavy atom. The number of benzene rings is 1. The molecule has 3 heterocycles. The fourth-order valence-electron chi connectivity index (χ4n) is 3.64. The lowest BCUT2D eigenvalue weighted by Crippen LogP contribution is -2.35. The molecule has 1 fully saturated rings. The summed E-state index contributed by atoms with van der Waals surface area (Å²) < 4.78 is 5.61. The van der Waals surface area contributed by atoms with Gasteiger partial charge in [0, 0.05) is 18.0 Å². The van der Waals surface area contributed by atoms with Gasteiger partial charge in [0.05, 0.1) is 18.3 Å². The zero-order chi connectivity index (χ0) is 17.2. The third-order valence-electron chi connectivity index (χ3n) is 4.86. The fraction of sp³-hybridized carbons (Fsp3) is 0.400. The molecule has 2 aliphatic heterocycles. The second kappa shape index (κ2) is 7.08. The number of thioether (sulfide) groups is 1. The van der Waals surface area contributed by atoms with Crippen molar-refractivity contribution in [3.8, 4) is 5.75 Å². The summed E-state index contributed by atoms with van der Waals surface area (Å²) in [6, 6.07) is 15.4. The van der Waals surface area contributed by atoms with E-state index in [9.17, 15) is 0 Å². The average Bonchev–Trinajstić information content (AvgIpc) is 3.22. The largest absolute Gasteiger partial charge is 0.494 e. The predicted molar refractivity (Wildman–Crippen MR) is 103 cm³/mol. The Morgan fingerprint density at radius 3 is 2.68 bits per heavy atom. The van der Waals surface area contributed by atoms with Gasteiger partial charge in [0.2, 0.25) is 0 Å². The molecule has 1 saturated heterocycles. The molecule has 5 heteroatoms. The van der Waals surface area contributed by atoms with E-state index in [2.05, 4.69) is 47.1 Å². The Labute approximate surface area is 153 Å². The van der Waals surface area contributed by atoms with Gasteiger partial charge in [-0.05, 0) is 43.2 Å². The SMILES string of the molecule is CCOc1ccc([C@@H]2[C@H](c3ccccn3)N=C3SC[C@@H](CC)N32)cc1. The summed E-state index contributed by atoms with van der Waals surface area (Å²) in [6.07, 6.45) is 2.99. The van der Waals surface area contributed by atoms with Crippen LogP contribution in [0.25, 0.3) is 0 Å². The normalized spacial score (nSPS) is 25.0. The van der Waals surface area contributed by atoms with Crippen molar-refractivity contribution in [2.45, 2.75) is 38.4 Å². The number of aromatic nitrogens is 1. The van der Waals surface area contributed by atoms with Crippen LogP contribution in [-0.2, 0) is 0 Å². The summed E-state index contributed by atoms with van der Waals surface area (Å²) in [7, 11) is 0. The maximum atomic E-state index is 5.61. The minimum Gasteiger partial charge on any atom is -0.494 e. The molecule has 130 valence electrons. The Balaban J connectivity index is 1.72. The average molecular weight is 353 g/mol. The first-order valence-electron chi connectivity index (χ1n) is 8.94.